The van der Waals surface area contributed by atoms with Gasteiger partial charge in [-0.1, -0.05) is 12.1 Å². The van der Waals surface area contributed by atoms with Gasteiger partial charge in [0.25, 0.3) is 0 Å². The third-order valence-electron chi connectivity index (χ3n) is 6.52. The zero-order chi connectivity index (χ0) is 21.8. The molecule has 1 aromatic carbocycles. The predicted molar refractivity (Wildman–Crippen MR) is 113 cm³/mol. The second-order valence-corrected chi connectivity index (χ2v) is 8.93. The molecule has 0 unspecified atom stereocenters. The van der Waals surface area contributed by atoms with E-state index in [4.69, 9.17) is 9.47 Å². The van der Waals surface area contributed by atoms with E-state index < -0.39 is 0 Å². The number of ether oxygens (including phenoxy) is 2. The zero-order valence-corrected chi connectivity index (χ0v) is 18.0. The van der Waals surface area contributed by atoms with Gasteiger partial charge in [-0.25, -0.2) is 4.39 Å². The zero-order valence-electron chi connectivity index (χ0n) is 18.0. The number of carbonyl (C=O) groups excluding carboxylic acids is 2. The fourth-order valence-electron chi connectivity index (χ4n) is 4.96. The molecule has 0 radical (unpaired) electrons. The maximum Gasteiger partial charge on any atom is 0.222 e. The van der Waals surface area contributed by atoms with Gasteiger partial charge in [0.2, 0.25) is 11.8 Å². The van der Waals surface area contributed by atoms with Gasteiger partial charge >= 0.3 is 0 Å². The molecule has 1 aromatic rings. The van der Waals surface area contributed by atoms with E-state index in [1.165, 1.54) is 6.07 Å². The summed E-state index contributed by atoms with van der Waals surface area (Å²) >= 11 is 0. The fourth-order valence-corrected chi connectivity index (χ4v) is 4.96. The maximum atomic E-state index is 13.7. The second-order valence-electron chi connectivity index (χ2n) is 8.93. The first-order valence-electron chi connectivity index (χ1n) is 11.2. The molecular formula is C23H32FN3O4. The van der Waals surface area contributed by atoms with E-state index >= 15 is 0 Å². The van der Waals surface area contributed by atoms with Crippen LogP contribution in [0.25, 0.3) is 0 Å². The van der Waals surface area contributed by atoms with Crippen molar-refractivity contribution in [2.45, 2.75) is 50.4 Å². The van der Waals surface area contributed by atoms with E-state index in [-0.39, 0.29) is 48.0 Å². The number of nitrogens with zero attached hydrogens (tertiary/aromatic N) is 1. The van der Waals surface area contributed by atoms with E-state index in [0.717, 1.165) is 24.9 Å². The summed E-state index contributed by atoms with van der Waals surface area (Å²) in [5, 5.41) is 5.94. The van der Waals surface area contributed by atoms with Crippen LogP contribution in [0.5, 0.6) is 0 Å². The van der Waals surface area contributed by atoms with E-state index in [0.29, 0.717) is 38.8 Å². The molecule has 2 aliphatic heterocycles. The Labute approximate surface area is 182 Å². The number of nitrogens with one attached hydrogen (secondary N) is 2. The van der Waals surface area contributed by atoms with Crippen LogP contribution in [0.4, 0.5) is 4.39 Å². The van der Waals surface area contributed by atoms with Crippen LogP contribution >= 0.6 is 0 Å². The lowest BCUT2D eigenvalue weighted by molar-refractivity contribution is -0.124. The summed E-state index contributed by atoms with van der Waals surface area (Å²) in [4.78, 5) is 27.2. The SMILES string of the molecule is COCCNC(=O)C[C@@H]1OC[C@@H]2[C@H]1[C@H](CC(=O)NC1CC1)CN2Cc1cccc(F)c1. The van der Waals surface area contributed by atoms with E-state index in [1.54, 1.807) is 19.2 Å². The predicted octanol–water partition coefficient (Wildman–Crippen LogP) is 1.46. The number of hydrogen-bond acceptors (Lipinski definition) is 5. The van der Waals surface area contributed by atoms with E-state index in [9.17, 15) is 14.0 Å². The molecule has 1 saturated carbocycles. The number of amides is 2. The maximum absolute atomic E-state index is 13.7. The lowest BCUT2D eigenvalue weighted by atomic mass is 9.84. The van der Waals surface area contributed by atoms with Gasteiger partial charge in [0.05, 0.1) is 25.7 Å². The standard InChI is InChI=1S/C23H32FN3O4/c1-30-8-7-25-21(28)11-20-23-16(10-22(29)26-18-5-6-18)13-27(19(23)14-31-20)12-15-3-2-4-17(24)9-15/h2-4,9,16,18-20,23H,5-8,10-14H2,1H3,(H,25,28)(H,26,29)/t16-,19-,20+,23-/m1/s1. The van der Waals surface area contributed by atoms with Crippen LogP contribution in [-0.4, -0.2) is 68.3 Å². The first kappa shape index (κ1) is 22.2. The molecule has 0 aromatic heterocycles. The molecule has 31 heavy (non-hydrogen) atoms. The molecule has 1 aliphatic carbocycles. The number of methoxy groups -OCH3 is 1. The Kier molecular flexibility index (Phi) is 7.20. The third kappa shape index (κ3) is 5.81. The topological polar surface area (TPSA) is 79.9 Å². The van der Waals surface area contributed by atoms with Crippen LogP contribution < -0.4 is 10.6 Å². The Morgan fingerprint density at radius 3 is 2.84 bits per heavy atom. The van der Waals surface area contributed by atoms with Crippen LogP contribution in [0.1, 0.15) is 31.2 Å². The van der Waals surface area contributed by atoms with Crippen molar-refractivity contribution in [2.24, 2.45) is 11.8 Å². The highest BCUT2D eigenvalue weighted by atomic mass is 19.1. The second kappa shape index (κ2) is 10.1. The third-order valence-corrected chi connectivity index (χ3v) is 6.52. The monoisotopic (exact) mass is 433 g/mol. The number of likely N-dealkylation sites (tertiary alicyclic amines) is 1. The van der Waals surface area contributed by atoms with E-state index in [2.05, 4.69) is 15.5 Å². The Morgan fingerprint density at radius 1 is 1.26 bits per heavy atom. The van der Waals surface area contributed by atoms with Gasteiger partial charge < -0.3 is 20.1 Å². The first-order valence-corrected chi connectivity index (χ1v) is 11.2. The van der Waals surface area contributed by atoms with Crippen molar-refractivity contribution in [3.05, 3.63) is 35.6 Å². The summed E-state index contributed by atoms with van der Waals surface area (Å²) in [6.07, 6.45) is 2.61. The van der Waals surface area contributed by atoms with Crippen molar-refractivity contribution in [1.29, 1.82) is 0 Å². The van der Waals surface area contributed by atoms with Crippen molar-refractivity contribution >= 4 is 11.8 Å². The molecule has 3 aliphatic rings. The van der Waals surface area contributed by atoms with Crippen molar-refractivity contribution in [3.8, 4) is 0 Å². The fraction of sp³-hybridized carbons (Fsp3) is 0.652. The average Bonchev–Trinajstić information content (AvgIpc) is 3.34. The summed E-state index contributed by atoms with van der Waals surface area (Å²) < 4.78 is 24.7. The number of fused-ring (bicyclic) bond motifs is 1. The highest BCUT2D eigenvalue weighted by Crippen LogP contribution is 2.42. The molecule has 170 valence electrons. The molecular weight excluding hydrogens is 401 g/mol. The summed E-state index contributed by atoms with van der Waals surface area (Å²) in [5.41, 5.74) is 0.905. The molecule has 4 atom stereocenters. The Morgan fingerprint density at radius 2 is 2.10 bits per heavy atom. The highest BCUT2D eigenvalue weighted by molar-refractivity contribution is 5.77. The van der Waals surface area contributed by atoms with Gasteiger partial charge in [0, 0.05) is 51.2 Å². The summed E-state index contributed by atoms with van der Waals surface area (Å²) in [7, 11) is 1.60. The minimum Gasteiger partial charge on any atom is -0.383 e. The van der Waals surface area contributed by atoms with Crippen molar-refractivity contribution < 1.29 is 23.5 Å². The summed E-state index contributed by atoms with van der Waals surface area (Å²) in [5.74, 6) is -0.0216. The van der Waals surface area contributed by atoms with Gasteiger partial charge in [-0.3, -0.25) is 14.5 Å². The summed E-state index contributed by atoms with van der Waals surface area (Å²) in [6.45, 7) is 2.81. The molecule has 8 heteroatoms. The number of carbonyl (C=O) groups is 2. The lowest BCUT2D eigenvalue weighted by Gasteiger charge is -2.23. The van der Waals surface area contributed by atoms with E-state index in [1.807, 2.05) is 6.07 Å². The Balaban J connectivity index is 1.43. The molecule has 2 N–H and O–H groups in total. The van der Waals surface area contributed by atoms with Crippen LogP contribution in [0.2, 0.25) is 0 Å². The molecule has 2 heterocycles. The van der Waals surface area contributed by atoms with Gasteiger partial charge in [-0.05, 0) is 36.5 Å². The minimum atomic E-state index is -0.248. The van der Waals surface area contributed by atoms with Crippen LogP contribution in [0, 0.1) is 17.7 Å². The van der Waals surface area contributed by atoms with Gasteiger partial charge in [0.15, 0.2) is 0 Å². The molecule has 3 fully saturated rings. The van der Waals surface area contributed by atoms with Gasteiger partial charge in [0.1, 0.15) is 5.82 Å². The molecule has 4 rings (SSSR count). The Bertz CT molecular complexity index is 788. The smallest absolute Gasteiger partial charge is 0.222 e. The van der Waals surface area contributed by atoms with Crippen LogP contribution in [-0.2, 0) is 25.6 Å². The van der Waals surface area contributed by atoms with Crippen molar-refractivity contribution in [2.75, 3.05) is 33.4 Å². The average molecular weight is 434 g/mol. The number of benzene rings is 1. The largest absolute Gasteiger partial charge is 0.383 e. The quantitative estimate of drug-likeness (QED) is 0.546. The number of halogens is 1. The molecule has 2 saturated heterocycles. The Hall–Kier alpha value is -2.03. The summed E-state index contributed by atoms with van der Waals surface area (Å²) in [6, 6.07) is 7.09. The number of rotatable bonds is 10. The number of hydrogen-bond donors (Lipinski definition) is 2. The normalized spacial score (nSPS) is 27.8. The molecule has 0 spiro atoms. The molecule has 0 bridgehead atoms. The molecule has 7 nitrogen and oxygen atoms in total. The van der Waals surface area contributed by atoms with Gasteiger partial charge in [-0.2, -0.15) is 0 Å². The first-order chi connectivity index (χ1) is 15.0. The van der Waals surface area contributed by atoms with Gasteiger partial charge in [-0.15, -0.1) is 0 Å². The minimum absolute atomic E-state index is 0.0625. The van der Waals surface area contributed by atoms with Crippen LogP contribution in [0.3, 0.4) is 0 Å². The molecule has 2 amide bonds. The van der Waals surface area contributed by atoms with Crippen molar-refractivity contribution in [3.63, 3.8) is 0 Å². The highest BCUT2D eigenvalue weighted by Gasteiger charge is 2.51. The lowest BCUT2D eigenvalue weighted by Crippen LogP contribution is -2.36. The van der Waals surface area contributed by atoms with Crippen LogP contribution in [0.15, 0.2) is 24.3 Å². The van der Waals surface area contributed by atoms with Crippen molar-refractivity contribution in [1.82, 2.24) is 15.5 Å².